The van der Waals surface area contributed by atoms with Gasteiger partial charge < -0.3 is 5.32 Å². The summed E-state index contributed by atoms with van der Waals surface area (Å²) in [5, 5.41) is 3.24. The molecule has 0 spiro atoms. The Morgan fingerprint density at radius 2 is 1.58 bits per heavy atom. The minimum absolute atomic E-state index is 0.227. The van der Waals surface area contributed by atoms with Gasteiger partial charge in [-0.1, -0.05) is 29.3 Å². The molecule has 0 radical (unpaired) electrons. The molecule has 2 aromatic carbocycles. The molecule has 0 saturated carbocycles. The average molecular weight is 294 g/mol. The molecule has 5 heteroatoms. The highest BCUT2D eigenvalue weighted by molar-refractivity contribution is 6.40. The molecule has 2 aromatic rings. The lowest BCUT2D eigenvalue weighted by Gasteiger charge is -2.08. The van der Waals surface area contributed by atoms with Gasteiger partial charge in [0, 0.05) is 11.3 Å². The number of aldehydes is 1. The van der Waals surface area contributed by atoms with Gasteiger partial charge in [-0.25, -0.2) is 0 Å². The molecule has 0 atom stereocenters. The zero-order chi connectivity index (χ0) is 13.8. The van der Waals surface area contributed by atoms with Crippen LogP contribution >= 0.6 is 23.2 Å². The van der Waals surface area contributed by atoms with Crippen molar-refractivity contribution in [3.8, 4) is 0 Å². The minimum atomic E-state index is -0.394. The number of nitrogens with one attached hydrogen (secondary N) is 1. The Morgan fingerprint density at radius 3 is 2.11 bits per heavy atom. The Bertz CT molecular complexity index is 604. The maximum absolute atomic E-state index is 12.1. The van der Waals surface area contributed by atoms with E-state index in [0.29, 0.717) is 11.3 Å². The Kier molecular flexibility index (Phi) is 4.20. The van der Waals surface area contributed by atoms with Crippen molar-refractivity contribution < 1.29 is 9.59 Å². The van der Waals surface area contributed by atoms with Gasteiger partial charge in [-0.15, -0.1) is 0 Å². The number of halogens is 2. The highest BCUT2D eigenvalue weighted by Gasteiger charge is 2.14. The molecular formula is C14H9Cl2NO2. The van der Waals surface area contributed by atoms with Gasteiger partial charge >= 0.3 is 0 Å². The average Bonchev–Trinajstić information content (AvgIpc) is 2.39. The minimum Gasteiger partial charge on any atom is -0.322 e. The second-order valence-electron chi connectivity index (χ2n) is 3.79. The van der Waals surface area contributed by atoms with Crippen LogP contribution in [-0.4, -0.2) is 12.2 Å². The second kappa shape index (κ2) is 5.87. The molecule has 1 amide bonds. The topological polar surface area (TPSA) is 46.2 Å². The SMILES string of the molecule is O=Cc1ccc(NC(=O)c2c(Cl)cccc2Cl)cc1. The molecule has 0 heterocycles. The molecule has 0 aromatic heterocycles. The van der Waals surface area contributed by atoms with Crippen LogP contribution in [0, 0.1) is 0 Å². The van der Waals surface area contributed by atoms with Crippen LogP contribution < -0.4 is 5.32 Å². The summed E-state index contributed by atoms with van der Waals surface area (Å²) in [6, 6.07) is 11.3. The van der Waals surface area contributed by atoms with Gasteiger partial charge in [0.2, 0.25) is 0 Å². The van der Waals surface area contributed by atoms with E-state index >= 15 is 0 Å². The van der Waals surface area contributed by atoms with E-state index in [1.54, 1.807) is 42.5 Å². The summed E-state index contributed by atoms with van der Waals surface area (Å²) in [5.41, 5.74) is 1.32. The van der Waals surface area contributed by atoms with E-state index < -0.39 is 5.91 Å². The van der Waals surface area contributed by atoms with E-state index in [9.17, 15) is 9.59 Å². The van der Waals surface area contributed by atoms with Crippen molar-refractivity contribution in [2.75, 3.05) is 5.32 Å². The number of hydrogen-bond donors (Lipinski definition) is 1. The lowest BCUT2D eigenvalue weighted by molar-refractivity contribution is 0.102. The number of carbonyl (C=O) groups is 2. The first-order valence-electron chi connectivity index (χ1n) is 5.42. The predicted molar refractivity (Wildman–Crippen MR) is 76.2 cm³/mol. The van der Waals surface area contributed by atoms with E-state index in [1.165, 1.54) is 0 Å². The first kappa shape index (κ1) is 13.6. The van der Waals surface area contributed by atoms with Crippen LogP contribution in [0.4, 0.5) is 5.69 Å². The predicted octanol–water partition coefficient (Wildman–Crippen LogP) is 4.06. The molecule has 2 rings (SSSR count). The first-order valence-corrected chi connectivity index (χ1v) is 6.18. The highest BCUT2D eigenvalue weighted by atomic mass is 35.5. The quantitative estimate of drug-likeness (QED) is 0.868. The van der Waals surface area contributed by atoms with Crippen LogP contribution in [0.1, 0.15) is 20.7 Å². The molecule has 0 fully saturated rings. The molecule has 0 unspecified atom stereocenters. The van der Waals surface area contributed by atoms with Crippen molar-refractivity contribution in [2.45, 2.75) is 0 Å². The summed E-state index contributed by atoms with van der Waals surface area (Å²) in [7, 11) is 0. The first-order chi connectivity index (χ1) is 9.11. The van der Waals surface area contributed by atoms with E-state index in [2.05, 4.69) is 5.32 Å². The van der Waals surface area contributed by atoms with Gasteiger partial charge in [0.15, 0.2) is 0 Å². The third-order valence-electron chi connectivity index (χ3n) is 2.49. The Morgan fingerprint density at radius 1 is 1.00 bits per heavy atom. The Labute approximate surface area is 120 Å². The fraction of sp³-hybridized carbons (Fsp3) is 0. The lowest BCUT2D eigenvalue weighted by Crippen LogP contribution is -2.13. The van der Waals surface area contributed by atoms with E-state index in [0.717, 1.165) is 6.29 Å². The number of amides is 1. The largest absolute Gasteiger partial charge is 0.322 e. The van der Waals surface area contributed by atoms with Crippen molar-refractivity contribution in [3.05, 3.63) is 63.6 Å². The molecule has 19 heavy (non-hydrogen) atoms. The van der Waals surface area contributed by atoms with Gasteiger partial charge in [0.05, 0.1) is 15.6 Å². The molecule has 1 N–H and O–H groups in total. The number of rotatable bonds is 3. The Hall–Kier alpha value is -1.84. The molecule has 96 valence electrons. The zero-order valence-electron chi connectivity index (χ0n) is 9.69. The third kappa shape index (κ3) is 3.13. The standard InChI is InChI=1S/C14H9Cl2NO2/c15-11-2-1-3-12(16)13(11)14(19)17-10-6-4-9(8-18)5-7-10/h1-8H,(H,17,19). The van der Waals surface area contributed by atoms with Crippen molar-refractivity contribution in [3.63, 3.8) is 0 Å². The van der Waals surface area contributed by atoms with E-state index in [4.69, 9.17) is 23.2 Å². The molecule has 3 nitrogen and oxygen atoms in total. The van der Waals surface area contributed by atoms with Crippen molar-refractivity contribution in [1.82, 2.24) is 0 Å². The fourth-order valence-electron chi connectivity index (χ4n) is 1.55. The molecule has 0 aliphatic carbocycles. The fourth-order valence-corrected chi connectivity index (χ4v) is 2.12. The van der Waals surface area contributed by atoms with Crippen LogP contribution in [-0.2, 0) is 0 Å². The van der Waals surface area contributed by atoms with Crippen LogP contribution in [0.25, 0.3) is 0 Å². The van der Waals surface area contributed by atoms with Crippen molar-refractivity contribution >= 4 is 41.1 Å². The smallest absolute Gasteiger partial charge is 0.258 e. The second-order valence-corrected chi connectivity index (χ2v) is 4.61. The molecular weight excluding hydrogens is 285 g/mol. The summed E-state index contributed by atoms with van der Waals surface area (Å²) in [6.45, 7) is 0. The number of anilines is 1. The van der Waals surface area contributed by atoms with Gasteiger partial charge in [0.25, 0.3) is 5.91 Å². The summed E-state index contributed by atoms with van der Waals surface area (Å²) < 4.78 is 0. The maximum atomic E-state index is 12.1. The molecule has 0 bridgehead atoms. The molecule has 0 aliphatic heterocycles. The third-order valence-corrected chi connectivity index (χ3v) is 3.12. The van der Waals surface area contributed by atoms with E-state index in [-0.39, 0.29) is 15.6 Å². The van der Waals surface area contributed by atoms with Crippen molar-refractivity contribution in [2.24, 2.45) is 0 Å². The molecule has 0 saturated heterocycles. The maximum Gasteiger partial charge on any atom is 0.258 e. The monoisotopic (exact) mass is 293 g/mol. The van der Waals surface area contributed by atoms with Crippen LogP contribution in [0.2, 0.25) is 10.0 Å². The number of benzene rings is 2. The van der Waals surface area contributed by atoms with Crippen LogP contribution in [0.3, 0.4) is 0 Å². The number of carbonyl (C=O) groups excluding carboxylic acids is 2. The van der Waals surface area contributed by atoms with Gasteiger partial charge in [0.1, 0.15) is 6.29 Å². The summed E-state index contributed by atoms with van der Waals surface area (Å²) >= 11 is 11.9. The van der Waals surface area contributed by atoms with E-state index in [1.807, 2.05) is 0 Å². The normalized spacial score (nSPS) is 10.0. The number of hydrogen-bond acceptors (Lipinski definition) is 2. The summed E-state index contributed by atoms with van der Waals surface area (Å²) in [5.74, 6) is -0.394. The summed E-state index contributed by atoms with van der Waals surface area (Å²) in [4.78, 5) is 22.6. The Balaban J connectivity index is 2.23. The lowest BCUT2D eigenvalue weighted by atomic mass is 10.2. The highest BCUT2D eigenvalue weighted by Crippen LogP contribution is 2.25. The van der Waals surface area contributed by atoms with Gasteiger partial charge in [-0.3, -0.25) is 9.59 Å². The summed E-state index contributed by atoms with van der Waals surface area (Å²) in [6.07, 6.45) is 0.733. The van der Waals surface area contributed by atoms with Crippen molar-refractivity contribution in [1.29, 1.82) is 0 Å². The van der Waals surface area contributed by atoms with Gasteiger partial charge in [-0.05, 0) is 36.4 Å². The molecule has 0 aliphatic rings. The van der Waals surface area contributed by atoms with Crippen LogP contribution in [0.5, 0.6) is 0 Å². The van der Waals surface area contributed by atoms with Gasteiger partial charge in [-0.2, -0.15) is 0 Å². The van der Waals surface area contributed by atoms with Crippen LogP contribution in [0.15, 0.2) is 42.5 Å². The zero-order valence-corrected chi connectivity index (χ0v) is 11.2.